The topological polar surface area (TPSA) is 21.3 Å². The average Bonchev–Trinajstić information content (AvgIpc) is 2.50. The Hall–Kier alpha value is -1.96. The van der Waals surface area contributed by atoms with Crippen molar-refractivity contribution in [3.05, 3.63) is 54.6 Å². The molecule has 0 atom stereocenters. The quantitative estimate of drug-likeness (QED) is 0.641. The van der Waals surface area contributed by atoms with Gasteiger partial charge in [-0.05, 0) is 42.8 Å². The first-order valence-electron chi connectivity index (χ1n) is 7.45. The molecule has 0 spiro atoms. The largest absolute Gasteiger partial charge is 0.457 e. The van der Waals surface area contributed by atoms with E-state index in [9.17, 15) is 0 Å². The molecule has 2 nitrogen and oxygen atoms in total. The highest BCUT2D eigenvalue weighted by molar-refractivity contribution is 5.47. The first kappa shape index (κ1) is 14.4. The third kappa shape index (κ3) is 4.96. The minimum atomic E-state index is 0.868. The number of anilines is 1. The third-order valence-electron chi connectivity index (χ3n) is 3.19. The fraction of sp³-hybridized carbons (Fsp3) is 0.333. The molecule has 0 bridgehead atoms. The van der Waals surface area contributed by atoms with Gasteiger partial charge in [0.05, 0.1) is 0 Å². The van der Waals surface area contributed by atoms with Crippen molar-refractivity contribution in [2.75, 3.05) is 11.9 Å². The molecular formula is C18H23NO. The normalized spacial score (nSPS) is 10.2. The van der Waals surface area contributed by atoms with E-state index >= 15 is 0 Å². The first-order valence-corrected chi connectivity index (χ1v) is 7.45. The maximum atomic E-state index is 5.76. The molecule has 1 N–H and O–H groups in total. The summed E-state index contributed by atoms with van der Waals surface area (Å²) in [7, 11) is 0. The molecule has 0 radical (unpaired) electrons. The number of benzene rings is 2. The van der Waals surface area contributed by atoms with E-state index in [2.05, 4.69) is 24.4 Å². The highest BCUT2D eigenvalue weighted by Crippen LogP contribution is 2.22. The van der Waals surface area contributed by atoms with Crippen LogP contribution in [0.1, 0.15) is 32.6 Å². The van der Waals surface area contributed by atoms with Crippen molar-refractivity contribution in [3.8, 4) is 11.5 Å². The lowest BCUT2D eigenvalue weighted by atomic mass is 10.2. The molecule has 0 unspecified atom stereocenters. The van der Waals surface area contributed by atoms with Gasteiger partial charge >= 0.3 is 0 Å². The molecule has 106 valence electrons. The van der Waals surface area contributed by atoms with Crippen LogP contribution in [0.4, 0.5) is 5.69 Å². The van der Waals surface area contributed by atoms with E-state index < -0.39 is 0 Å². The number of rotatable bonds is 8. The lowest BCUT2D eigenvalue weighted by Crippen LogP contribution is -2.00. The molecule has 2 aromatic carbocycles. The molecular weight excluding hydrogens is 246 g/mol. The van der Waals surface area contributed by atoms with Crippen LogP contribution < -0.4 is 10.1 Å². The van der Waals surface area contributed by atoms with E-state index in [1.807, 2.05) is 42.5 Å². The van der Waals surface area contributed by atoms with Gasteiger partial charge in [0.25, 0.3) is 0 Å². The molecule has 2 heteroatoms. The van der Waals surface area contributed by atoms with Crippen molar-refractivity contribution in [1.29, 1.82) is 0 Å². The molecule has 2 aromatic rings. The fourth-order valence-corrected chi connectivity index (χ4v) is 2.05. The molecule has 0 aliphatic heterocycles. The summed E-state index contributed by atoms with van der Waals surface area (Å²) in [6.07, 6.45) is 5.14. The van der Waals surface area contributed by atoms with Crippen molar-refractivity contribution < 1.29 is 4.74 Å². The summed E-state index contributed by atoms with van der Waals surface area (Å²) in [5, 5.41) is 3.44. The molecule has 0 saturated heterocycles. The van der Waals surface area contributed by atoms with Gasteiger partial charge in [-0.3, -0.25) is 0 Å². The Morgan fingerprint density at radius 3 is 2.20 bits per heavy atom. The SMILES string of the molecule is CCCCCCNc1ccc(Oc2ccccc2)cc1. The summed E-state index contributed by atoms with van der Waals surface area (Å²) < 4.78 is 5.76. The molecule has 0 aliphatic carbocycles. The predicted molar refractivity (Wildman–Crippen MR) is 85.6 cm³/mol. The van der Waals surface area contributed by atoms with Gasteiger partial charge in [-0.15, -0.1) is 0 Å². The standard InChI is InChI=1S/C18H23NO/c1-2-3-4-8-15-19-16-11-13-18(14-12-16)20-17-9-6-5-7-10-17/h5-7,9-14,19H,2-4,8,15H2,1H3. The van der Waals surface area contributed by atoms with Crippen LogP contribution in [0.5, 0.6) is 11.5 Å². The van der Waals surface area contributed by atoms with Gasteiger partial charge in [0, 0.05) is 12.2 Å². The van der Waals surface area contributed by atoms with Crippen LogP contribution in [-0.4, -0.2) is 6.54 Å². The zero-order valence-corrected chi connectivity index (χ0v) is 12.1. The summed E-state index contributed by atoms with van der Waals surface area (Å²) in [4.78, 5) is 0. The van der Waals surface area contributed by atoms with E-state index in [0.717, 1.165) is 23.7 Å². The number of unbranched alkanes of at least 4 members (excludes halogenated alkanes) is 3. The molecule has 0 aromatic heterocycles. The second kappa shape index (κ2) is 8.26. The van der Waals surface area contributed by atoms with Gasteiger partial charge in [-0.25, -0.2) is 0 Å². The Morgan fingerprint density at radius 2 is 1.50 bits per heavy atom. The summed E-state index contributed by atoms with van der Waals surface area (Å²) in [5.41, 5.74) is 1.15. The Kier molecular flexibility index (Phi) is 5.97. The van der Waals surface area contributed by atoms with Gasteiger partial charge in [0.2, 0.25) is 0 Å². The molecule has 0 amide bonds. The molecule has 20 heavy (non-hydrogen) atoms. The summed E-state index contributed by atoms with van der Waals surface area (Å²) in [6, 6.07) is 18.0. The Labute approximate surface area is 121 Å². The van der Waals surface area contributed by atoms with Gasteiger partial charge in [-0.1, -0.05) is 44.4 Å². The van der Waals surface area contributed by atoms with E-state index in [1.165, 1.54) is 25.7 Å². The zero-order valence-electron chi connectivity index (χ0n) is 12.1. The summed E-state index contributed by atoms with van der Waals surface area (Å²) in [5.74, 6) is 1.74. The number of hydrogen-bond donors (Lipinski definition) is 1. The number of para-hydroxylation sites is 1. The van der Waals surface area contributed by atoms with Crippen molar-refractivity contribution in [1.82, 2.24) is 0 Å². The van der Waals surface area contributed by atoms with Crippen molar-refractivity contribution in [3.63, 3.8) is 0 Å². The monoisotopic (exact) mass is 269 g/mol. The van der Waals surface area contributed by atoms with Gasteiger partial charge < -0.3 is 10.1 Å². The zero-order chi connectivity index (χ0) is 14.0. The van der Waals surface area contributed by atoms with E-state index in [0.29, 0.717) is 0 Å². The van der Waals surface area contributed by atoms with Gasteiger partial charge in [0.15, 0.2) is 0 Å². The Balaban J connectivity index is 1.78. The van der Waals surface area contributed by atoms with Crippen LogP contribution >= 0.6 is 0 Å². The smallest absolute Gasteiger partial charge is 0.127 e. The van der Waals surface area contributed by atoms with Gasteiger partial charge in [0.1, 0.15) is 11.5 Å². The lowest BCUT2D eigenvalue weighted by molar-refractivity contribution is 0.483. The molecule has 0 heterocycles. The van der Waals surface area contributed by atoms with Crippen molar-refractivity contribution in [2.24, 2.45) is 0 Å². The minimum Gasteiger partial charge on any atom is -0.457 e. The average molecular weight is 269 g/mol. The highest BCUT2D eigenvalue weighted by Gasteiger charge is 1.97. The third-order valence-corrected chi connectivity index (χ3v) is 3.19. The van der Waals surface area contributed by atoms with E-state index in [4.69, 9.17) is 4.74 Å². The Bertz CT molecular complexity index is 479. The van der Waals surface area contributed by atoms with Crippen LogP contribution in [0.25, 0.3) is 0 Å². The van der Waals surface area contributed by atoms with E-state index in [1.54, 1.807) is 0 Å². The van der Waals surface area contributed by atoms with Crippen molar-refractivity contribution in [2.45, 2.75) is 32.6 Å². The summed E-state index contributed by atoms with van der Waals surface area (Å²) >= 11 is 0. The number of hydrogen-bond acceptors (Lipinski definition) is 2. The second-order valence-electron chi connectivity index (χ2n) is 4.93. The lowest BCUT2D eigenvalue weighted by Gasteiger charge is -2.08. The maximum absolute atomic E-state index is 5.76. The van der Waals surface area contributed by atoms with Crippen LogP contribution in [-0.2, 0) is 0 Å². The number of nitrogens with one attached hydrogen (secondary N) is 1. The predicted octanol–water partition coefficient (Wildman–Crippen LogP) is 5.47. The first-order chi connectivity index (χ1) is 9.88. The maximum Gasteiger partial charge on any atom is 0.127 e. The molecule has 2 rings (SSSR count). The molecule has 0 aliphatic rings. The van der Waals surface area contributed by atoms with E-state index in [-0.39, 0.29) is 0 Å². The van der Waals surface area contributed by atoms with Crippen LogP contribution in [0.3, 0.4) is 0 Å². The second-order valence-corrected chi connectivity index (χ2v) is 4.93. The molecule has 0 saturated carbocycles. The van der Waals surface area contributed by atoms with Crippen LogP contribution in [0, 0.1) is 0 Å². The minimum absolute atomic E-state index is 0.868. The molecule has 0 fully saturated rings. The fourth-order valence-electron chi connectivity index (χ4n) is 2.05. The Morgan fingerprint density at radius 1 is 0.800 bits per heavy atom. The highest BCUT2D eigenvalue weighted by atomic mass is 16.5. The van der Waals surface area contributed by atoms with Crippen LogP contribution in [0.15, 0.2) is 54.6 Å². The number of ether oxygens (including phenoxy) is 1. The van der Waals surface area contributed by atoms with Gasteiger partial charge in [-0.2, -0.15) is 0 Å². The summed E-state index contributed by atoms with van der Waals surface area (Å²) in [6.45, 7) is 3.28. The van der Waals surface area contributed by atoms with Crippen LogP contribution in [0.2, 0.25) is 0 Å². The van der Waals surface area contributed by atoms with Crippen molar-refractivity contribution >= 4 is 5.69 Å².